The van der Waals surface area contributed by atoms with Crippen LogP contribution < -0.4 is 16.6 Å². The van der Waals surface area contributed by atoms with Gasteiger partial charge in [-0.3, -0.25) is 18.7 Å². The number of aryl methyl sites for hydroxylation is 1. The summed E-state index contributed by atoms with van der Waals surface area (Å²) in [6, 6.07) is 7.95. The molecular formula is C16H17N3O5. The Morgan fingerprint density at radius 2 is 1.79 bits per heavy atom. The van der Waals surface area contributed by atoms with E-state index in [4.69, 9.17) is 4.74 Å². The van der Waals surface area contributed by atoms with Gasteiger partial charge in [-0.15, -0.1) is 0 Å². The molecule has 0 atom stereocenters. The predicted molar refractivity (Wildman–Crippen MR) is 87.0 cm³/mol. The summed E-state index contributed by atoms with van der Waals surface area (Å²) in [7, 11) is 2.75. The third-order valence-corrected chi connectivity index (χ3v) is 3.49. The summed E-state index contributed by atoms with van der Waals surface area (Å²) in [6.45, 7) is 1.22. The van der Waals surface area contributed by atoms with E-state index in [-0.39, 0.29) is 5.82 Å². The Morgan fingerprint density at radius 1 is 1.12 bits per heavy atom. The molecular weight excluding hydrogens is 314 g/mol. The third-order valence-electron chi connectivity index (χ3n) is 3.49. The summed E-state index contributed by atoms with van der Waals surface area (Å²) in [5.74, 6) is -1.25. The van der Waals surface area contributed by atoms with Gasteiger partial charge in [0.15, 0.2) is 6.61 Å². The van der Waals surface area contributed by atoms with E-state index >= 15 is 0 Å². The Labute approximate surface area is 137 Å². The molecule has 1 aromatic carbocycles. The van der Waals surface area contributed by atoms with Crippen molar-refractivity contribution in [2.24, 2.45) is 14.1 Å². The van der Waals surface area contributed by atoms with Crippen molar-refractivity contribution in [3.05, 3.63) is 62.3 Å². The van der Waals surface area contributed by atoms with Crippen LogP contribution in [-0.4, -0.2) is 27.6 Å². The van der Waals surface area contributed by atoms with Crippen molar-refractivity contribution in [3.8, 4) is 0 Å². The first-order valence-corrected chi connectivity index (χ1v) is 7.11. The number of esters is 1. The fraction of sp³-hybridized carbons (Fsp3) is 0.250. The van der Waals surface area contributed by atoms with E-state index in [9.17, 15) is 19.2 Å². The van der Waals surface area contributed by atoms with Crippen LogP contribution in [0.2, 0.25) is 0 Å². The SMILES string of the molecule is Cc1ccccc1C(=O)OCC(=O)Nc1cc(=O)n(C)c(=O)n1C. The second-order valence-corrected chi connectivity index (χ2v) is 5.21. The zero-order valence-electron chi connectivity index (χ0n) is 13.5. The van der Waals surface area contributed by atoms with Crippen LogP contribution in [0.25, 0.3) is 0 Å². The highest BCUT2D eigenvalue weighted by Crippen LogP contribution is 2.08. The fourth-order valence-electron chi connectivity index (χ4n) is 2.04. The van der Waals surface area contributed by atoms with Crippen molar-refractivity contribution < 1.29 is 14.3 Å². The summed E-state index contributed by atoms with van der Waals surface area (Å²) >= 11 is 0. The van der Waals surface area contributed by atoms with E-state index in [0.717, 1.165) is 20.8 Å². The summed E-state index contributed by atoms with van der Waals surface area (Å²) in [4.78, 5) is 47.2. The zero-order valence-corrected chi connectivity index (χ0v) is 13.5. The van der Waals surface area contributed by atoms with Crippen molar-refractivity contribution in [3.63, 3.8) is 0 Å². The molecule has 2 aromatic rings. The van der Waals surface area contributed by atoms with E-state index in [1.165, 1.54) is 14.1 Å². The molecule has 0 spiro atoms. The standard InChI is InChI=1S/C16H17N3O5/c1-10-6-4-5-7-11(10)15(22)24-9-13(20)17-12-8-14(21)19(3)16(23)18(12)2/h4-8H,9H2,1-3H3,(H,17,20). The van der Waals surface area contributed by atoms with E-state index in [1.54, 1.807) is 31.2 Å². The Balaban J connectivity index is 2.05. The maximum Gasteiger partial charge on any atom is 0.338 e. The molecule has 0 bridgehead atoms. The first kappa shape index (κ1) is 17.2. The molecule has 0 aliphatic rings. The number of rotatable bonds is 4. The van der Waals surface area contributed by atoms with Gasteiger partial charge >= 0.3 is 11.7 Å². The van der Waals surface area contributed by atoms with Gasteiger partial charge in [0.2, 0.25) is 0 Å². The van der Waals surface area contributed by atoms with Crippen LogP contribution in [0.1, 0.15) is 15.9 Å². The van der Waals surface area contributed by atoms with Crippen LogP contribution in [0.3, 0.4) is 0 Å². The normalized spacial score (nSPS) is 10.3. The van der Waals surface area contributed by atoms with Gasteiger partial charge in [0.05, 0.1) is 5.56 Å². The molecule has 1 heterocycles. The number of anilines is 1. The molecule has 2 rings (SSSR count). The van der Waals surface area contributed by atoms with Crippen LogP contribution in [-0.2, 0) is 23.6 Å². The summed E-state index contributed by atoms with van der Waals surface area (Å²) in [5, 5.41) is 2.37. The lowest BCUT2D eigenvalue weighted by molar-refractivity contribution is -0.119. The summed E-state index contributed by atoms with van der Waals surface area (Å²) in [5.41, 5.74) is -0.0249. The molecule has 126 valence electrons. The van der Waals surface area contributed by atoms with Gasteiger partial charge < -0.3 is 10.1 Å². The lowest BCUT2D eigenvalue weighted by Gasteiger charge is -2.11. The largest absolute Gasteiger partial charge is 0.452 e. The molecule has 0 radical (unpaired) electrons. The quantitative estimate of drug-likeness (QED) is 0.806. The van der Waals surface area contributed by atoms with Gasteiger partial charge in [-0.1, -0.05) is 18.2 Å². The van der Waals surface area contributed by atoms with Crippen LogP contribution in [0.4, 0.5) is 5.82 Å². The molecule has 0 unspecified atom stereocenters. The average molecular weight is 331 g/mol. The van der Waals surface area contributed by atoms with E-state index in [2.05, 4.69) is 5.32 Å². The van der Waals surface area contributed by atoms with Crippen molar-refractivity contribution in [2.45, 2.75) is 6.92 Å². The number of nitrogens with zero attached hydrogens (tertiary/aromatic N) is 2. The molecule has 1 aromatic heterocycles. The van der Waals surface area contributed by atoms with E-state index in [0.29, 0.717) is 5.56 Å². The lowest BCUT2D eigenvalue weighted by Crippen LogP contribution is -2.38. The van der Waals surface area contributed by atoms with Crippen LogP contribution in [0, 0.1) is 6.92 Å². The van der Waals surface area contributed by atoms with Crippen LogP contribution >= 0.6 is 0 Å². The van der Waals surface area contributed by atoms with Gasteiger partial charge in [0.25, 0.3) is 11.5 Å². The van der Waals surface area contributed by atoms with Gasteiger partial charge in [0.1, 0.15) is 5.82 Å². The molecule has 0 saturated carbocycles. The highest BCUT2D eigenvalue weighted by Gasteiger charge is 2.14. The van der Waals surface area contributed by atoms with Crippen LogP contribution in [0.15, 0.2) is 39.9 Å². The molecule has 8 heteroatoms. The zero-order chi connectivity index (χ0) is 17.9. The molecule has 1 N–H and O–H groups in total. The maximum atomic E-state index is 11.9. The van der Waals surface area contributed by atoms with Crippen LogP contribution in [0.5, 0.6) is 0 Å². The van der Waals surface area contributed by atoms with E-state index < -0.39 is 29.7 Å². The van der Waals surface area contributed by atoms with Gasteiger partial charge in [-0.2, -0.15) is 0 Å². The average Bonchev–Trinajstić information content (AvgIpc) is 2.56. The van der Waals surface area contributed by atoms with Crippen molar-refractivity contribution in [1.29, 1.82) is 0 Å². The summed E-state index contributed by atoms with van der Waals surface area (Å²) < 4.78 is 6.97. The third kappa shape index (κ3) is 3.60. The number of ether oxygens (including phenoxy) is 1. The topological polar surface area (TPSA) is 99.4 Å². The monoisotopic (exact) mass is 331 g/mol. The number of benzene rings is 1. The fourth-order valence-corrected chi connectivity index (χ4v) is 2.04. The Kier molecular flexibility index (Phi) is 4.98. The predicted octanol–water partition coefficient (Wildman–Crippen LogP) is 0.188. The number of carbonyl (C=O) groups excluding carboxylic acids is 2. The summed E-state index contributed by atoms with van der Waals surface area (Å²) in [6.07, 6.45) is 0. The molecule has 0 fully saturated rings. The minimum absolute atomic E-state index is 0.0278. The number of aromatic nitrogens is 2. The molecule has 8 nitrogen and oxygen atoms in total. The van der Waals surface area contributed by atoms with Crippen molar-refractivity contribution in [2.75, 3.05) is 11.9 Å². The van der Waals surface area contributed by atoms with Gasteiger partial charge in [-0.25, -0.2) is 9.59 Å². The molecule has 1 amide bonds. The van der Waals surface area contributed by atoms with Crippen molar-refractivity contribution >= 4 is 17.7 Å². The Hall–Kier alpha value is -3.16. The molecule has 24 heavy (non-hydrogen) atoms. The highest BCUT2D eigenvalue weighted by atomic mass is 16.5. The Morgan fingerprint density at radius 3 is 2.46 bits per heavy atom. The molecule has 0 aliphatic heterocycles. The van der Waals surface area contributed by atoms with Crippen molar-refractivity contribution in [1.82, 2.24) is 9.13 Å². The number of carbonyl (C=O) groups is 2. The van der Waals surface area contributed by atoms with E-state index in [1.807, 2.05) is 0 Å². The first-order chi connectivity index (χ1) is 11.3. The number of nitrogens with one attached hydrogen (secondary N) is 1. The number of amides is 1. The second-order valence-electron chi connectivity index (χ2n) is 5.21. The molecule has 0 aliphatic carbocycles. The minimum atomic E-state index is -0.653. The second kappa shape index (κ2) is 6.95. The number of hydrogen-bond acceptors (Lipinski definition) is 5. The first-order valence-electron chi connectivity index (χ1n) is 7.11. The minimum Gasteiger partial charge on any atom is -0.452 e. The highest BCUT2D eigenvalue weighted by molar-refractivity contribution is 5.95. The maximum absolute atomic E-state index is 11.9. The van der Waals surface area contributed by atoms with Gasteiger partial charge in [-0.05, 0) is 18.6 Å². The van der Waals surface area contributed by atoms with Gasteiger partial charge in [0, 0.05) is 20.2 Å². The molecule has 0 saturated heterocycles. The number of hydrogen-bond donors (Lipinski definition) is 1. The Bertz CT molecular complexity index is 911. The smallest absolute Gasteiger partial charge is 0.338 e. The lowest BCUT2D eigenvalue weighted by atomic mass is 10.1.